The summed E-state index contributed by atoms with van der Waals surface area (Å²) in [6.45, 7) is 6.90. The molecule has 0 aliphatic carbocycles. The van der Waals surface area contributed by atoms with Gasteiger partial charge in [-0.15, -0.1) is 22.7 Å². The number of hydrogen-bond acceptors (Lipinski definition) is 4. The lowest BCUT2D eigenvalue weighted by Crippen LogP contribution is -2.30. The fraction of sp³-hybridized carbons (Fsp3) is 0.429. The summed E-state index contributed by atoms with van der Waals surface area (Å²) in [6.07, 6.45) is 0. The Kier molecular flexibility index (Phi) is 4.37. The van der Waals surface area contributed by atoms with Crippen molar-refractivity contribution >= 4 is 28.6 Å². The van der Waals surface area contributed by atoms with Crippen LogP contribution in [0.3, 0.4) is 0 Å². The zero-order chi connectivity index (χ0) is 14.0. The molecule has 0 saturated carbocycles. The molecule has 3 nitrogen and oxygen atoms in total. The van der Waals surface area contributed by atoms with Crippen molar-refractivity contribution in [2.45, 2.75) is 20.8 Å². The third-order valence-electron chi connectivity index (χ3n) is 2.71. The van der Waals surface area contributed by atoms with Crippen LogP contribution in [-0.2, 0) is 0 Å². The molecule has 0 atom stereocenters. The van der Waals surface area contributed by atoms with Crippen LogP contribution in [0.1, 0.15) is 29.2 Å². The van der Waals surface area contributed by atoms with Crippen LogP contribution >= 0.6 is 22.7 Å². The van der Waals surface area contributed by atoms with Crippen LogP contribution in [-0.4, -0.2) is 29.4 Å². The van der Waals surface area contributed by atoms with Crippen LogP contribution < -0.4 is 0 Å². The number of carbonyl (C=O) groups excluding carboxylic acids is 1. The van der Waals surface area contributed by atoms with Crippen molar-refractivity contribution in [3.05, 3.63) is 28.1 Å². The second-order valence-corrected chi connectivity index (χ2v) is 6.94. The number of nitrogens with zero attached hydrogens (tertiary/aromatic N) is 2. The Balaban J connectivity index is 2.23. The number of thiophene rings is 1. The molecule has 0 aromatic carbocycles. The van der Waals surface area contributed by atoms with Gasteiger partial charge in [0.05, 0.1) is 10.6 Å². The summed E-state index contributed by atoms with van der Waals surface area (Å²) >= 11 is 3.14. The van der Waals surface area contributed by atoms with Crippen LogP contribution in [0.5, 0.6) is 0 Å². The van der Waals surface area contributed by atoms with Crippen molar-refractivity contribution in [2.75, 3.05) is 13.6 Å². The number of carbonyl (C=O) groups is 1. The van der Waals surface area contributed by atoms with Crippen molar-refractivity contribution < 1.29 is 4.79 Å². The van der Waals surface area contributed by atoms with Crippen LogP contribution in [0.4, 0.5) is 0 Å². The highest BCUT2D eigenvalue weighted by Crippen LogP contribution is 2.31. The Morgan fingerprint density at radius 2 is 2.21 bits per heavy atom. The van der Waals surface area contributed by atoms with Gasteiger partial charge < -0.3 is 4.90 Å². The van der Waals surface area contributed by atoms with Gasteiger partial charge in [0.25, 0.3) is 5.91 Å². The molecule has 0 bridgehead atoms. The Labute approximate surface area is 121 Å². The summed E-state index contributed by atoms with van der Waals surface area (Å²) in [4.78, 5) is 20.6. The van der Waals surface area contributed by atoms with E-state index in [0.717, 1.165) is 27.0 Å². The lowest BCUT2D eigenvalue weighted by atomic mass is 10.2. The molecule has 0 spiro atoms. The van der Waals surface area contributed by atoms with Gasteiger partial charge in [0.2, 0.25) is 0 Å². The summed E-state index contributed by atoms with van der Waals surface area (Å²) < 4.78 is 0. The minimum absolute atomic E-state index is 0.0755. The SMILES string of the molecule is Cc1nc(-c2cccs2)sc1C(=O)N(C)CC(C)C. The predicted octanol–water partition coefficient (Wildman–Crippen LogP) is 3.91. The zero-order valence-electron chi connectivity index (χ0n) is 11.6. The van der Waals surface area contributed by atoms with Gasteiger partial charge in [-0.05, 0) is 24.3 Å². The number of rotatable bonds is 4. The fourth-order valence-corrected chi connectivity index (χ4v) is 3.76. The average molecular weight is 294 g/mol. The van der Waals surface area contributed by atoms with E-state index in [-0.39, 0.29) is 5.91 Å². The lowest BCUT2D eigenvalue weighted by molar-refractivity contribution is 0.0783. The minimum Gasteiger partial charge on any atom is -0.341 e. The van der Waals surface area contributed by atoms with Gasteiger partial charge in [-0.1, -0.05) is 19.9 Å². The summed E-state index contributed by atoms with van der Waals surface area (Å²) in [7, 11) is 1.85. The number of thiazole rings is 1. The highest BCUT2D eigenvalue weighted by atomic mass is 32.1. The Morgan fingerprint density at radius 3 is 2.79 bits per heavy atom. The number of aryl methyl sites for hydroxylation is 1. The molecule has 5 heteroatoms. The van der Waals surface area contributed by atoms with E-state index in [0.29, 0.717) is 5.92 Å². The maximum absolute atomic E-state index is 12.4. The number of aromatic nitrogens is 1. The summed E-state index contributed by atoms with van der Waals surface area (Å²) in [5.41, 5.74) is 0.828. The molecule has 102 valence electrons. The van der Waals surface area contributed by atoms with Gasteiger partial charge in [0.15, 0.2) is 0 Å². The molecule has 2 rings (SSSR count). The highest BCUT2D eigenvalue weighted by molar-refractivity contribution is 7.22. The predicted molar refractivity (Wildman–Crippen MR) is 82.0 cm³/mol. The van der Waals surface area contributed by atoms with Crippen LogP contribution in [0, 0.1) is 12.8 Å². The molecule has 0 N–H and O–H groups in total. The Hall–Kier alpha value is -1.20. The van der Waals surface area contributed by atoms with Crippen molar-refractivity contribution in [1.82, 2.24) is 9.88 Å². The smallest absolute Gasteiger partial charge is 0.265 e. The van der Waals surface area contributed by atoms with Gasteiger partial charge in [0, 0.05) is 13.6 Å². The normalized spacial score (nSPS) is 11.0. The van der Waals surface area contributed by atoms with Gasteiger partial charge in [-0.3, -0.25) is 4.79 Å². The first-order chi connectivity index (χ1) is 8.99. The Bertz CT molecular complexity index is 558. The van der Waals surface area contributed by atoms with Gasteiger partial charge in [0.1, 0.15) is 9.88 Å². The van der Waals surface area contributed by atoms with Crippen molar-refractivity contribution in [3.63, 3.8) is 0 Å². The van der Waals surface area contributed by atoms with E-state index in [9.17, 15) is 4.79 Å². The van der Waals surface area contributed by atoms with Crippen molar-refractivity contribution in [3.8, 4) is 9.88 Å². The number of hydrogen-bond donors (Lipinski definition) is 0. The molecular formula is C14H18N2OS2. The molecule has 19 heavy (non-hydrogen) atoms. The molecule has 2 aromatic rings. The second kappa shape index (κ2) is 5.84. The third-order valence-corrected chi connectivity index (χ3v) is 4.89. The fourth-order valence-electron chi connectivity index (χ4n) is 1.90. The van der Waals surface area contributed by atoms with Crippen LogP contribution in [0.15, 0.2) is 17.5 Å². The topological polar surface area (TPSA) is 33.2 Å². The first kappa shape index (κ1) is 14.2. The minimum atomic E-state index is 0.0755. The number of amides is 1. The van der Waals surface area contributed by atoms with Gasteiger partial charge >= 0.3 is 0 Å². The largest absolute Gasteiger partial charge is 0.341 e. The maximum atomic E-state index is 12.4. The second-order valence-electron chi connectivity index (χ2n) is 4.99. The zero-order valence-corrected chi connectivity index (χ0v) is 13.3. The van der Waals surface area contributed by atoms with Gasteiger partial charge in [-0.25, -0.2) is 4.98 Å². The summed E-state index contributed by atoms with van der Waals surface area (Å²) in [6, 6.07) is 4.04. The molecule has 0 fully saturated rings. The van der Waals surface area contributed by atoms with Crippen molar-refractivity contribution in [2.24, 2.45) is 5.92 Å². The molecule has 2 aromatic heterocycles. The first-order valence-electron chi connectivity index (χ1n) is 6.25. The van der Waals surface area contributed by atoms with Crippen LogP contribution in [0.25, 0.3) is 9.88 Å². The summed E-state index contributed by atoms with van der Waals surface area (Å²) in [5, 5.41) is 2.96. The van der Waals surface area contributed by atoms with E-state index in [1.165, 1.54) is 11.3 Å². The van der Waals surface area contributed by atoms with E-state index in [2.05, 4.69) is 18.8 Å². The lowest BCUT2D eigenvalue weighted by Gasteiger charge is -2.18. The molecule has 0 unspecified atom stereocenters. The molecular weight excluding hydrogens is 276 g/mol. The van der Waals surface area contributed by atoms with E-state index in [4.69, 9.17) is 0 Å². The molecule has 2 heterocycles. The summed E-state index contributed by atoms with van der Waals surface area (Å²) in [5.74, 6) is 0.547. The van der Waals surface area contributed by atoms with E-state index < -0.39 is 0 Å². The molecule has 0 aliphatic rings. The maximum Gasteiger partial charge on any atom is 0.265 e. The monoisotopic (exact) mass is 294 g/mol. The van der Waals surface area contributed by atoms with E-state index >= 15 is 0 Å². The molecule has 0 aliphatic heterocycles. The first-order valence-corrected chi connectivity index (χ1v) is 7.95. The third kappa shape index (κ3) is 3.22. The molecule has 0 saturated heterocycles. The van der Waals surface area contributed by atoms with Crippen LogP contribution in [0.2, 0.25) is 0 Å². The molecule has 0 radical (unpaired) electrons. The van der Waals surface area contributed by atoms with Crippen molar-refractivity contribution in [1.29, 1.82) is 0 Å². The average Bonchev–Trinajstić information content (AvgIpc) is 2.95. The quantitative estimate of drug-likeness (QED) is 0.856. The van der Waals surface area contributed by atoms with Gasteiger partial charge in [-0.2, -0.15) is 0 Å². The highest BCUT2D eigenvalue weighted by Gasteiger charge is 2.20. The molecule has 1 amide bonds. The Morgan fingerprint density at radius 1 is 1.47 bits per heavy atom. The van der Waals surface area contributed by atoms with E-state index in [1.54, 1.807) is 16.2 Å². The standard InChI is InChI=1S/C14H18N2OS2/c1-9(2)8-16(4)14(17)12-10(3)15-13(19-12)11-6-5-7-18-11/h5-7,9H,8H2,1-4H3. The van der Waals surface area contributed by atoms with E-state index in [1.807, 2.05) is 31.5 Å².